The summed E-state index contributed by atoms with van der Waals surface area (Å²) in [6, 6.07) is 15.8. The van der Waals surface area contributed by atoms with Crippen molar-refractivity contribution in [2.45, 2.75) is 5.03 Å². The zero-order valence-corrected chi connectivity index (χ0v) is 21.6. The lowest BCUT2D eigenvalue weighted by molar-refractivity contribution is 0.102. The molecular formula is C26H19F2N5O3S2. The van der Waals surface area contributed by atoms with Crippen LogP contribution in [0.1, 0.15) is 10.5 Å². The van der Waals surface area contributed by atoms with Crippen molar-refractivity contribution < 1.29 is 22.9 Å². The van der Waals surface area contributed by atoms with Crippen molar-refractivity contribution in [3.63, 3.8) is 0 Å². The molecule has 0 bridgehead atoms. The SMILES string of the molecule is Cn1cnc2ccc(Oc3ccc(F)c(NC(=O)c4cc([S+](C)[O-])n(-c5ccc(F)cc5)n4)c3)cc2c1=S. The van der Waals surface area contributed by atoms with Crippen molar-refractivity contribution in [1.82, 2.24) is 19.3 Å². The van der Waals surface area contributed by atoms with E-state index in [9.17, 15) is 18.1 Å². The molecule has 0 aliphatic rings. The van der Waals surface area contributed by atoms with Crippen molar-refractivity contribution in [3.05, 3.63) is 95.0 Å². The number of rotatable bonds is 6. The molecule has 1 N–H and O–H groups in total. The second-order valence-corrected chi connectivity index (χ2v) is 9.96. The highest BCUT2D eigenvalue weighted by Gasteiger charge is 2.22. The first kappa shape index (κ1) is 25.5. The molecule has 0 fully saturated rings. The molecule has 2 aromatic heterocycles. The predicted molar refractivity (Wildman–Crippen MR) is 142 cm³/mol. The van der Waals surface area contributed by atoms with Gasteiger partial charge in [-0.2, -0.15) is 9.78 Å². The number of benzene rings is 3. The molecule has 2 heterocycles. The van der Waals surface area contributed by atoms with Crippen LogP contribution in [0.4, 0.5) is 14.5 Å². The van der Waals surface area contributed by atoms with Crippen molar-refractivity contribution >= 4 is 45.9 Å². The number of hydrogen-bond acceptors (Lipinski definition) is 6. The van der Waals surface area contributed by atoms with E-state index in [1.165, 1.54) is 53.4 Å². The number of halogens is 2. The molecule has 3 aromatic carbocycles. The summed E-state index contributed by atoms with van der Waals surface area (Å²) in [6.45, 7) is 0. The lowest BCUT2D eigenvalue weighted by Gasteiger charge is -2.10. The van der Waals surface area contributed by atoms with E-state index in [0.717, 1.165) is 11.5 Å². The number of amides is 1. The van der Waals surface area contributed by atoms with Crippen LogP contribution in [-0.2, 0) is 18.2 Å². The van der Waals surface area contributed by atoms with Gasteiger partial charge in [0, 0.05) is 35.7 Å². The van der Waals surface area contributed by atoms with E-state index < -0.39 is 28.7 Å². The van der Waals surface area contributed by atoms with E-state index in [4.69, 9.17) is 17.0 Å². The van der Waals surface area contributed by atoms with Gasteiger partial charge < -0.3 is 19.2 Å². The molecule has 0 aliphatic carbocycles. The Morgan fingerprint density at radius 1 is 1.05 bits per heavy atom. The summed E-state index contributed by atoms with van der Waals surface area (Å²) in [7, 11) is 1.79. The summed E-state index contributed by atoms with van der Waals surface area (Å²) in [5.41, 5.74) is 0.887. The van der Waals surface area contributed by atoms with Crippen LogP contribution in [0, 0.1) is 16.3 Å². The second kappa shape index (κ2) is 10.3. The maximum atomic E-state index is 14.6. The summed E-state index contributed by atoms with van der Waals surface area (Å²) in [5.74, 6) is -1.14. The van der Waals surface area contributed by atoms with Crippen LogP contribution < -0.4 is 10.1 Å². The molecule has 1 unspecified atom stereocenters. The Kier molecular flexibility index (Phi) is 6.93. The van der Waals surface area contributed by atoms with Gasteiger partial charge in [0.1, 0.15) is 34.0 Å². The molecule has 38 heavy (non-hydrogen) atoms. The van der Waals surface area contributed by atoms with Crippen LogP contribution in [0.15, 0.2) is 78.1 Å². The average Bonchev–Trinajstić information content (AvgIpc) is 3.35. The topological polar surface area (TPSA) is 97.0 Å². The molecular weight excluding hydrogens is 532 g/mol. The third-order valence-corrected chi connectivity index (χ3v) is 6.97. The second-order valence-electron chi connectivity index (χ2n) is 8.25. The minimum Gasteiger partial charge on any atom is -0.610 e. The summed E-state index contributed by atoms with van der Waals surface area (Å²) < 4.78 is 49.7. The van der Waals surface area contributed by atoms with Crippen LogP contribution in [0.5, 0.6) is 11.5 Å². The van der Waals surface area contributed by atoms with E-state index in [2.05, 4.69) is 15.4 Å². The number of ether oxygens (including phenoxy) is 1. The lowest BCUT2D eigenvalue weighted by atomic mass is 10.2. The Morgan fingerprint density at radius 2 is 1.76 bits per heavy atom. The Balaban J connectivity index is 1.40. The molecule has 0 saturated heterocycles. The van der Waals surface area contributed by atoms with Gasteiger partial charge in [0.05, 0.1) is 23.2 Å². The number of hydrogen-bond donors (Lipinski definition) is 1. The minimum atomic E-state index is -1.51. The summed E-state index contributed by atoms with van der Waals surface area (Å²) in [4.78, 5) is 17.3. The number of aromatic nitrogens is 4. The van der Waals surface area contributed by atoms with Crippen molar-refractivity contribution in [1.29, 1.82) is 0 Å². The maximum absolute atomic E-state index is 14.6. The highest BCUT2D eigenvalue weighted by molar-refractivity contribution is 7.90. The fourth-order valence-electron chi connectivity index (χ4n) is 3.69. The molecule has 1 atom stereocenters. The first-order valence-corrected chi connectivity index (χ1v) is 13.1. The van der Waals surface area contributed by atoms with Gasteiger partial charge in [-0.15, -0.1) is 0 Å². The van der Waals surface area contributed by atoms with Crippen molar-refractivity contribution in [2.75, 3.05) is 11.6 Å². The van der Waals surface area contributed by atoms with Crippen LogP contribution in [0.25, 0.3) is 16.6 Å². The van der Waals surface area contributed by atoms with E-state index in [-0.39, 0.29) is 22.2 Å². The van der Waals surface area contributed by atoms with Crippen LogP contribution in [-0.4, -0.2) is 36.0 Å². The monoisotopic (exact) mass is 551 g/mol. The zero-order chi connectivity index (χ0) is 27.0. The third-order valence-electron chi connectivity index (χ3n) is 5.59. The highest BCUT2D eigenvalue weighted by atomic mass is 32.2. The van der Waals surface area contributed by atoms with Gasteiger partial charge in [0.2, 0.25) is 5.03 Å². The fourth-order valence-corrected chi connectivity index (χ4v) is 4.56. The Labute approximate surface area is 223 Å². The Bertz CT molecular complexity index is 1740. The molecule has 5 rings (SSSR count). The number of anilines is 1. The number of carbonyl (C=O) groups is 1. The number of nitrogens with one attached hydrogen (secondary N) is 1. The van der Waals surface area contributed by atoms with Crippen LogP contribution >= 0.6 is 12.2 Å². The van der Waals surface area contributed by atoms with Gasteiger partial charge in [-0.1, -0.05) is 12.2 Å². The Morgan fingerprint density at radius 3 is 2.50 bits per heavy atom. The maximum Gasteiger partial charge on any atom is 0.276 e. The first-order chi connectivity index (χ1) is 18.2. The van der Waals surface area contributed by atoms with Gasteiger partial charge in [0.25, 0.3) is 5.91 Å². The van der Waals surface area contributed by atoms with Gasteiger partial charge in [-0.3, -0.25) is 4.79 Å². The third kappa shape index (κ3) is 5.14. The molecule has 0 saturated carbocycles. The van der Waals surface area contributed by atoms with E-state index >= 15 is 0 Å². The minimum absolute atomic E-state index is 0.0990. The average molecular weight is 552 g/mol. The smallest absolute Gasteiger partial charge is 0.276 e. The molecule has 8 nitrogen and oxygen atoms in total. The van der Waals surface area contributed by atoms with Gasteiger partial charge in [-0.05, 0) is 54.6 Å². The molecule has 1 amide bonds. The molecule has 5 aromatic rings. The zero-order valence-electron chi connectivity index (χ0n) is 20.0. The van der Waals surface area contributed by atoms with E-state index in [1.807, 2.05) is 0 Å². The largest absolute Gasteiger partial charge is 0.610 e. The summed E-state index contributed by atoms with van der Waals surface area (Å²) >= 11 is 3.93. The lowest BCUT2D eigenvalue weighted by Crippen LogP contribution is -2.14. The van der Waals surface area contributed by atoms with Crippen LogP contribution in [0.3, 0.4) is 0 Å². The fraction of sp³-hybridized carbons (Fsp3) is 0.0769. The molecule has 0 spiro atoms. The predicted octanol–water partition coefficient (Wildman–Crippen LogP) is 5.55. The Hall–Kier alpha value is -4.13. The van der Waals surface area contributed by atoms with E-state index in [1.54, 1.807) is 36.1 Å². The molecule has 0 radical (unpaired) electrons. The van der Waals surface area contributed by atoms with Gasteiger partial charge >= 0.3 is 0 Å². The van der Waals surface area contributed by atoms with Gasteiger partial charge in [0.15, 0.2) is 5.69 Å². The number of fused-ring (bicyclic) bond motifs is 1. The van der Waals surface area contributed by atoms with Crippen molar-refractivity contribution in [2.24, 2.45) is 7.05 Å². The molecule has 192 valence electrons. The highest BCUT2D eigenvalue weighted by Crippen LogP contribution is 2.29. The summed E-state index contributed by atoms with van der Waals surface area (Å²) in [6.07, 6.45) is 3.06. The standard InChI is InChI=1S/C26H19F2N5O3S2/c1-32-14-29-21-10-8-17(11-19(21)26(32)37)36-18-7-9-20(28)22(12-18)30-25(34)23-13-24(38(2)35)33(31-23)16-5-3-15(27)4-6-16/h3-14H,1-2H3,(H,30,34). The van der Waals surface area contributed by atoms with Crippen molar-refractivity contribution in [3.8, 4) is 17.2 Å². The molecule has 0 aliphatic heterocycles. The van der Waals surface area contributed by atoms with E-state index in [0.29, 0.717) is 21.6 Å². The first-order valence-electron chi connectivity index (χ1n) is 11.1. The number of aryl methyl sites for hydroxylation is 1. The summed E-state index contributed by atoms with van der Waals surface area (Å²) in [5, 5.41) is 7.63. The number of carbonyl (C=O) groups excluding carboxylic acids is 1. The normalized spacial score (nSPS) is 11.9. The van der Waals surface area contributed by atoms with Crippen LogP contribution in [0.2, 0.25) is 0 Å². The number of nitrogens with zero attached hydrogens (tertiary/aromatic N) is 4. The van der Waals surface area contributed by atoms with Gasteiger partial charge in [-0.25, -0.2) is 13.8 Å². The quantitative estimate of drug-likeness (QED) is 0.220. The molecule has 12 heteroatoms.